The molecule has 20 heavy (non-hydrogen) atoms. The summed E-state index contributed by atoms with van der Waals surface area (Å²) in [6, 6.07) is 7.47. The summed E-state index contributed by atoms with van der Waals surface area (Å²) in [5.74, 6) is 1.04. The van der Waals surface area contributed by atoms with Crippen molar-refractivity contribution in [3.05, 3.63) is 34.6 Å². The van der Waals surface area contributed by atoms with Crippen molar-refractivity contribution < 1.29 is 4.74 Å². The van der Waals surface area contributed by atoms with Gasteiger partial charge in [0, 0.05) is 13.7 Å². The molecule has 0 saturated heterocycles. The number of thioether (sulfide) groups is 1. The van der Waals surface area contributed by atoms with E-state index in [0.29, 0.717) is 23.7 Å². The van der Waals surface area contributed by atoms with E-state index in [1.807, 2.05) is 35.6 Å². The summed E-state index contributed by atoms with van der Waals surface area (Å²) in [6.45, 7) is 2.60. The van der Waals surface area contributed by atoms with Crippen LogP contribution in [0, 0.1) is 0 Å². The fraction of sp³-hybridized carbons (Fsp3) is 0.308. The van der Waals surface area contributed by atoms with Gasteiger partial charge in [-0.05, 0) is 19.1 Å². The van der Waals surface area contributed by atoms with Crippen LogP contribution in [-0.2, 0) is 11.8 Å². The van der Waals surface area contributed by atoms with Crippen LogP contribution in [0.2, 0.25) is 0 Å². The third-order valence-corrected chi connectivity index (χ3v) is 3.88. The molecule has 0 amide bonds. The van der Waals surface area contributed by atoms with Gasteiger partial charge < -0.3 is 4.74 Å². The number of para-hydroxylation sites is 1. The molecule has 7 heteroatoms. The number of aryl methyl sites for hydroxylation is 1. The van der Waals surface area contributed by atoms with Crippen LogP contribution in [0.25, 0.3) is 16.7 Å². The average molecular weight is 290 g/mol. The summed E-state index contributed by atoms with van der Waals surface area (Å²) < 4.78 is 8.74. The number of aromatic nitrogens is 4. The number of benzene rings is 1. The summed E-state index contributed by atoms with van der Waals surface area (Å²) in [5.41, 5.74) is 0.747. The fourth-order valence-corrected chi connectivity index (χ4v) is 2.85. The van der Waals surface area contributed by atoms with Crippen molar-refractivity contribution in [3.8, 4) is 0 Å². The molecule has 2 aromatic heterocycles. The van der Waals surface area contributed by atoms with Crippen molar-refractivity contribution >= 4 is 28.4 Å². The first-order chi connectivity index (χ1) is 9.74. The molecule has 2 heterocycles. The molecule has 0 N–H and O–H groups in total. The Morgan fingerprint density at radius 1 is 1.30 bits per heavy atom. The Morgan fingerprint density at radius 3 is 2.90 bits per heavy atom. The molecule has 0 atom stereocenters. The maximum atomic E-state index is 12.3. The highest BCUT2D eigenvalue weighted by molar-refractivity contribution is 7.99. The zero-order valence-electron chi connectivity index (χ0n) is 11.2. The lowest BCUT2D eigenvalue weighted by molar-refractivity contribution is 0.199. The van der Waals surface area contributed by atoms with Crippen molar-refractivity contribution in [2.24, 2.45) is 7.05 Å². The van der Waals surface area contributed by atoms with Gasteiger partial charge in [0.15, 0.2) is 5.16 Å². The van der Waals surface area contributed by atoms with E-state index in [4.69, 9.17) is 4.74 Å². The summed E-state index contributed by atoms with van der Waals surface area (Å²) in [4.78, 5) is 12.3. The predicted octanol–water partition coefficient (Wildman–Crippen LogP) is 1.67. The average Bonchev–Trinajstić information content (AvgIpc) is 2.89. The van der Waals surface area contributed by atoms with Gasteiger partial charge >= 0.3 is 0 Å². The lowest BCUT2D eigenvalue weighted by Gasteiger charge is -2.07. The van der Waals surface area contributed by atoms with E-state index in [9.17, 15) is 4.79 Å². The van der Waals surface area contributed by atoms with E-state index in [2.05, 4.69) is 10.2 Å². The molecule has 0 bridgehead atoms. The molecule has 3 rings (SSSR count). The minimum Gasteiger partial charge on any atom is -0.371 e. The van der Waals surface area contributed by atoms with Crippen LogP contribution in [0.5, 0.6) is 0 Å². The molecule has 1 aromatic carbocycles. The van der Waals surface area contributed by atoms with Gasteiger partial charge in [0.05, 0.1) is 16.8 Å². The zero-order chi connectivity index (χ0) is 14.1. The summed E-state index contributed by atoms with van der Waals surface area (Å²) in [7, 11) is 1.70. The van der Waals surface area contributed by atoms with Crippen LogP contribution in [0.15, 0.2) is 34.2 Å². The van der Waals surface area contributed by atoms with E-state index >= 15 is 0 Å². The SMILES string of the molecule is CCOCSc1nnc2n(C)c(=O)c3ccccc3n12. The molecule has 0 saturated carbocycles. The highest BCUT2D eigenvalue weighted by atomic mass is 32.2. The van der Waals surface area contributed by atoms with Gasteiger partial charge in [-0.3, -0.25) is 13.8 Å². The number of nitrogens with zero attached hydrogens (tertiary/aromatic N) is 4. The van der Waals surface area contributed by atoms with Crippen LogP contribution in [0.4, 0.5) is 0 Å². The topological polar surface area (TPSA) is 61.4 Å². The minimum absolute atomic E-state index is 0.0677. The van der Waals surface area contributed by atoms with E-state index in [0.717, 1.165) is 10.7 Å². The molecule has 0 aliphatic rings. The fourth-order valence-electron chi connectivity index (χ4n) is 2.08. The second-order valence-corrected chi connectivity index (χ2v) is 5.14. The van der Waals surface area contributed by atoms with E-state index < -0.39 is 0 Å². The maximum absolute atomic E-state index is 12.3. The molecule has 0 spiro atoms. The van der Waals surface area contributed by atoms with E-state index in [-0.39, 0.29) is 5.56 Å². The molecule has 0 fully saturated rings. The Labute approximate surface area is 119 Å². The Hall–Kier alpha value is -1.86. The summed E-state index contributed by atoms with van der Waals surface area (Å²) in [5, 5.41) is 9.64. The Bertz CT molecular complexity index is 824. The minimum atomic E-state index is -0.0677. The zero-order valence-corrected chi connectivity index (χ0v) is 12.1. The monoisotopic (exact) mass is 290 g/mol. The molecule has 0 aliphatic carbocycles. The largest absolute Gasteiger partial charge is 0.371 e. The van der Waals surface area contributed by atoms with Crippen molar-refractivity contribution in [1.82, 2.24) is 19.2 Å². The van der Waals surface area contributed by atoms with E-state index in [1.54, 1.807) is 7.05 Å². The predicted molar refractivity (Wildman–Crippen MR) is 78.1 cm³/mol. The molecule has 6 nitrogen and oxygen atoms in total. The van der Waals surface area contributed by atoms with Crippen LogP contribution in [0.3, 0.4) is 0 Å². The van der Waals surface area contributed by atoms with Crippen molar-refractivity contribution in [1.29, 1.82) is 0 Å². The highest BCUT2D eigenvalue weighted by Gasteiger charge is 2.14. The Balaban J connectivity index is 2.27. The number of hydrogen-bond donors (Lipinski definition) is 0. The first kappa shape index (κ1) is 13.1. The van der Waals surface area contributed by atoms with Crippen LogP contribution < -0.4 is 5.56 Å². The van der Waals surface area contributed by atoms with Crippen molar-refractivity contribution in [3.63, 3.8) is 0 Å². The van der Waals surface area contributed by atoms with Gasteiger partial charge in [-0.1, -0.05) is 23.9 Å². The normalized spacial score (nSPS) is 11.5. The lowest BCUT2D eigenvalue weighted by Crippen LogP contribution is -2.20. The molecular weight excluding hydrogens is 276 g/mol. The highest BCUT2D eigenvalue weighted by Crippen LogP contribution is 2.20. The quantitative estimate of drug-likeness (QED) is 0.415. The smallest absolute Gasteiger partial charge is 0.262 e. The molecule has 0 aliphatic heterocycles. The molecule has 104 valence electrons. The van der Waals surface area contributed by atoms with Gasteiger partial charge in [-0.25, -0.2) is 0 Å². The summed E-state index contributed by atoms with van der Waals surface area (Å²) >= 11 is 1.46. The van der Waals surface area contributed by atoms with Crippen LogP contribution in [-0.4, -0.2) is 31.7 Å². The van der Waals surface area contributed by atoms with Crippen molar-refractivity contribution in [2.75, 3.05) is 12.5 Å². The first-order valence-electron chi connectivity index (χ1n) is 6.27. The molecule has 3 aromatic rings. The number of ether oxygens (including phenoxy) is 1. The van der Waals surface area contributed by atoms with E-state index in [1.165, 1.54) is 16.3 Å². The third-order valence-electron chi connectivity index (χ3n) is 3.07. The standard InChI is InChI=1S/C13H14N4O2S/c1-3-19-8-20-13-15-14-12-16(2)11(18)9-6-4-5-7-10(9)17(12)13/h4-7H,3,8H2,1-2H3. The third kappa shape index (κ3) is 1.99. The maximum Gasteiger partial charge on any atom is 0.262 e. The first-order valence-corrected chi connectivity index (χ1v) is 7.26. The lowest BCUT2D eigenvalue weighted by atomic mass is 10.2. The molecular formula is C13H14N4O2S. The summed E-state index contributed by atoms with van der Waals surface area (Å²) in [6.07, 6.45) is 0. The van der Waals surface area contributed by atoms with Gasteiger partial charge in [0.1, 0.15) is 0 Å². The number of rotatable bonds is 4. The Morgan fingerprint density at radius 2 is 2.10 bits per heavy atom. The number of fused-ring (bicyclic) bond motifs is 3. The van der Waals surface area contributed by atoms with Gasteiger partial charge in [-0.2, -0.15) is 0 Å². The van der Waals surface area contributed by atoms with Gasteiger partial charge in [0.25, 0.3) is 5.56 Å². The Kier molecular flexibility index (Phi) is 3.45. The van der Waals surface area contributed by atoms with Crippen molar-refractivity contribution in [2.45, 2.75) is 12.1 Å². The van der Waals surface area contributed by atoms with Crippen LogP contribution >= 0.6 is 11.8 Å². The number of hydrogen-bond acceptors (Lipinski definition) is 5. The molecule has 0 unspecified atom stereocenters. The second kappa shape index (κ2) is 5.26. The second-order valence-electron chi connectivity index (χ2n) is 4.25. The molecule has 0 radical (unpaired) electrons. The van der Waals surface area contributed by atoms with Gasteiger partial charge in [0.2, 0.25) is 5.78 Å². The van der Waals surface area contributed by atoms with Gasteiger partial charge in [-0.15, -0.1) is 10.2 Å². The van der Waals surface area contributed by atoms with Crippen LogP contribution in [0.1, 0.15) is 6.92 Å².